The molecule has 0 atom stereocenters. The van der Waals surface area contributed by atoms with E-state index in [1.54, 1.807) is 0 Å². The molecule has 12 rings (SSSR count). The van der Waals surface area contributed by atoms with E-state index in [0.29, 0.717) is 0 Å². The molecule has 0 amide bonds. The van der Waals surface area contributed by atoms with Crippen LogP contribution in [0.1, 0.15) is 0 Å². The van der Waals surface area contributed by atoms with Crippen molar-refractivity contribution in [2.75, 3.05) is 0 Å². The Morgan fingerprint density at radius 1 is 0.236 bits per heavy atom. The van der Waals surface area contributed by atoms with Crippen molar-refractivity contribution in [1.29, 1.82) is 0 Å². The van der Waals surface area contributed by atoms with Gasteiger partial charge in [0.05, 0.1) is 0 Å². The fourth-order valence-electron chi connectivity index (χ4n) is 9.29. The summed E-state index contributed by atoms with van der Waals surface area (Å²) >= 11 is 1.89. The first kappa shape index (κ1) is 30.6. The van der Waals surface area contributed by atoms with Gasteiger partial charge in [-0.05, 0) is 134 Å². The number of thiophene rings is 1. The maximum absolute atomic E-state index is 2.44. The summed E-state index contributed by atoms with van der Waals surface area (Å²) in [4.78, 5) is 0. The topological polar surface area (TPSA) is 0 Å². The van der Waals surface area contributed by atoms with Crippen LogP contribution in [0, 0.1) is 0 Å². The lowest BCUT2D eigenvalue weighted by molar-refractivity contribution is 1.68. The Labute approximate surface area is 322 Å². The molecular formula is C54H32S. The van der Waals surface area contributed by atoms with Crippen molar-refractivity contribution in [3.05, 3.63) is 194 Å². The molecule has 1 heteroatoms. The highest BCUT2D eigenvalue weighted by Crippen LogP contribution is 2.49. The number of hydrogen-bond acceptors (Lipinski definition) is 1. The average molecular weight is 713 g/mol. The Morgan fingerprint density at radius 3 is 1.45 bits per heavy atom. The molecule has 0 aliphatic heterocycles. The van der Waals surface area contributed by atoms with E-state index >= 15 is 0 Å². The smallest absolute Gasteiger partial charge is 0.0361 e. The standard InChI is InChI=1S/C54H32S/c1-2-13-34-28-38(25-24-33(34)12-1)40-22-11-23-46-47(40)30-37-16-5-6-17-41(37)53(46)54-44-20-9-7-18-42(44)52(43-19-8-10-21-45(43)54)39-26-27-50-48(31-39)49-29-35-14-3-4-15-36(35)32-51(49)55-50/h1-32H. The van der Waals surface area contributed by atoms with Crippen LogP contribution in [0.4, 0.5) is 0 Å². The van der Waals surface area contributed by atoms with Gasteiger partial charge in [-0.1, -0.05) is 158 Å². The van der Waals surface area contributed by atoms with Crippen molar-refractivity contribution in [3.8, 4) is 33.4 Å². The number of benzene rings is 11. The van der Waals surface area contributed by atoms with Gasteiger partial charge >= 0.3 is 0 Å². The lowest BCUT2D eigenvalue weighted by atomic mass is 9.82. The molecule has 0 fully saturated rings. The molecule has 11 aromatic carbocycles. The summed E-state index contributed by atoms with van der Waals surface area (Å²) in [5.41, 5.74) is 7.62. The fourth-order valence-corrected chi connectivity index (χ4v) is 10.4. The van der Waals surface area contributed by atoms with Gasteiger partial charge in [0.2, 0.25) is 0 Å². The third-order valence-corrected chi connectivity index (χ3v) is 12.9. The maximum Gasteiger partial charge on any atom is 0.0361 e. The molecule has 0 nitrogen and oxygen atoms in total. The minimum atomic E-state index is 1.24. The molecule has 0 aliphatic carbocycles. The average Bonchev–Trinajstić information content (AvgIpc) is 3.60. The van der Waals surface area contributed by atoms with E-state index in [1.807, 2.05) is 11.3 Å². The van der Waals surface area contributed by atoms with Crippen LogP contribution < -0.4 is 0 Å². The van der Waals surface area contributed by atoms with E-state index in [9.17, 15) is 0 Å². The summed E-state index contributed by atoms with van der Waals surface area (Å²) in [6.07, 6.45) is 0. The summed E-state index contributed by atoms with van der Waals surface area (Å²) in [6, 6.07) is 72.5. The van der Waals surface area contributed by atoms with Crippen molar-refractivity contribution >= 4 is 96.1 Å². The van der Waals surface area contributed by atoms with Gasteiger partial charge in [-0.15, -0.1) is 11.3 Å². The molecule has 0 saturated carbocycles. The molecule has 12 aromatic rings. The third-order valence-electron chi connectivity index (χ3n) is 11.8. The molecule has 1 heterocycles. The van der Waals surface area contributed by atoms with Gasteiger partial charge in [-0.25, -0.2) is 0 Å². The van der Waals surface area contributed by atoms with Crippen molar-refractivity contribution in [3.63, 3.8) is 0 Å². The predicted molar refractivity (Wildman–Crippen MR) is 241 cm³/mol. The minimum Gasteiger partial charge on any atom is -0.135 e. The minimum absolute atomic E-state index is 1.24. The van der Waals surface area contributed by atoms with Crippen LogP contribution in [0.15, 0.2) is 194 Å². The van der Waals surface area contributed by atoms with Gasteiger partial charge in [0.25, 0.3) is 0 Å². The van der Waals surface area contributed by atoms with Gasteiger partial charge < -0.3 is 0 Å². The summed E-state index contributed by atoms with van der Waals surface area (Å²) in [6.45, 7) is 0. The van der Waals surface area contributed by atoms with Gasteiger partial charge in [0, 0.05) is 20.2 Å². The summed E-state index contributed by atoms with van der Waals surface area (Å²) in [7, 11) is 0. The Balaban J connectivity index is 1.17. The van der Waals surface area contributed by atoms with Crippen molar-refractivity contribution in [2.24, 2.45) is 0 Å². The van der Waals surface area contributed by atoms with Gasteiger partial charge in [0.1, 0.15) is 0 Å². The molecule has 0 radical (unpaired) electrons. The molecule has 0 bridgehead atoms. The molecule has 55 heavy (non-hydrogen) atoms. The zero-order chi connectivity index (χ0) is 36.0. The Hall–Kier alpha value is -6.80. The lowest BCUT2D eigenvalue weighted by Crippen LogP contribution is -1.93. The first-order chi connectivity index (χ1) is 27.3. The highest BCUT2D eigenvalue weighted by Gasteiger charge is 2.21. The zero-order valence-corrected chi connectivity index (χ0v) is 30.7. The highest BCUT2D eigenvalue weighted by molar-refractivity contribution is 7.25. The molecule has 254 valence electrons. The van der Waals surface area contributed by atoms with E-state index in [1.165, 1.54) is 118 Å². The Bertz CT molecular complexity index is 3490. The van der Waals surface area contributed by atoms with E-state index in [2.05, 4.69) is 194 Å². The Kier molecular flexibility index (Phi) is 6.60. The van der Waals surface area contributed by atoms with Crippen molar-refractivity contribution in [1.82, 2.24) is 0 Å². The fraction of sp³-hybridized carbons (Fsp3) is 0. The van der Waals surface area contributed by atoms with Crippen LogP contribution >= 0.6 is 11.3 Å². The quantitative estimate of drug-likeness (QED) is 0.160. The molecular weight excluding hydrogens is 681 g/mol. The molecule has 0 aliphatic rings. The third kappa shape index (κ3) is 4.64. The van der Waals surface area contributed by atoms with Crippen LogP contribution in [0.2, 0.25) is 0 Å². The van der Waals surface area contributed by atoms with Crippen LogP contribution in [0.5, 0.6) is 0 Å². The summed E-state index contributed by atoms with van der Waals surface area (Å²) in [5, 5.41) is 17.9. The number of hydrogen-bond donors (Lipinski definition) is 0. The summed E-state index contributed by atoms with van der Waals surface area (Å²) < 4.78 is 2.66. The molecule has 1 aromatic heterocycles. The van der Waals surface area contributed by atoms with Gasteiger partial charge in [-0.2, -0.15) is 0 Å². The van der Waals surface area contributed by atoms with Crippen LogP contribution in [-0.2, 0) is 0 Å². The second-order valence-corrected chi connectivity index (χ2v) is 15.9. The second-order valence-electron chi connectivity index (χ2n) is 14.8. The monoisotopic (exact) mass is 712 g/mol. The van der Waals surface area contributed by atoms with Gasteiger partial charge in [-0.3, -0.25) is 0 Å². The lowest BCUT2D eigenvalue weighted by Gasteiger charge is -2.21. The van der Waals surface area contributed by atoms with Crippen molar-refractivity contribution < 1.29 is 0 Å². The Morgan fingerprint density at radius 2 is 0.727 bits per heavy atom. The maximum atomic E-state index is 2.44. The second kappa shape index (κ2) is 11.9. The van der Waals surface area contributed by atoms with E-state index in [-0.39, 0.29) is 0 Å². The van der Waals surface area contributed by atoms with E-state index in [4.69, 9.17) is 0 Å². The first-order valence-electron chi connectivity index (χ1n) is 19.0. The van der Waals surface area contributed by atoms with Gasteiger partial charge in [0.15, 0.2) is 0 Å². The molecule has 0 saturated heterocycles. The van der Waals surface area contributed by atoms with Crippen LogP contribution in [-0.4, -0.2) is 0 Å². The van der Waals surface area contributed by atoms with E-state index in [0.717, 1.165) is 0 Å². The van der Waals surface area contributed by atoms with Crippen LogP contribution in [0.25, 0.3) is 118 Å². The predicted octanol–water partition coefficient (Wildman–Crippen LogP) is 16.0. The zero-order valence-electron chi connectivity index (χ0n) is 29.9. The number of rotatable bonds is 3. The highest BCUT2D eigenvalue weighted by atomic mass is 32.1. The largest absolute Gasteiger partial charge is 0.135 e. The molecule has 0 spiro atoms. The first-order valence-corrected chi connectivity index (χ1v) is 19.8. The SMILES string of the molecule is c1ccc2cc(-c3cccc4c(-c5c6ccccc6c(-c6ccc7sc8cc9ccccc9cc8c7c6)c6ccccc56)c5ccccc5cc34)ccc2c1. The normalized spacial score (nSPS) is 12.0. The number of fused-ring (bicyclic) bond motifs is 9. The molecule has 0 N–H and O–H groups in total. The van der Waals surface area contributed by atoms with E-state index < -0.39 is 0 Å². The molecule has 0 unspecified atom stereocenters. The van der Waals surface area contributed by atoms with Crippen LogP contribution in [0.3, 0.4) is 0 Å². The summed E-state index contributed by atoms with van der Waals surface area (Å²) in [5.74, 6) is 0. The van der Waals surface area contributed by atoms with Crippen molar-refractivity contribution in [2.45, 2.75) is 0 Å².